The van der Waals surface area contributed by atoms with Crippen LogP contribution in [0, 0.1) is 0 Å². The lowest BCUT2D eigenvalue weighted by Gasteiger charge is -2.18. The van der Waals surface area contributed by atoms with Crippen molar-refractivity contribution in [3.05, 3.63) is 30.3 Å². The van der Waals surface area contributed by atoms with Crippen LogP contribution in [0.25, 0.3) is 0 Å². The van der Waals surface area contributed by atoms with Gasteiger partial charge in [0.1, 0.15) is 0 Å². The van der Waals surface area contributed by atoms with Crippen molar-refractivity contribution in [1.82, 2.24) is 4.90 Å². The number of hydrogen-bond donors (Lipinski definition) is 0. The van der Waals surface area contributed by atoms with Crippen LogP contribution in [-0.4, -0.2) is 38.1 Å². The minimum absolute atomic E-state index is 0.954. The van der Waals surface area contributed by atoms with Gasteiger partial charge in [0.15, 0.2) is 0 Å². The van der Waals surface area contributed by atoms with Gasteiger partial charge in [-0.15, -0.1) is 0 Å². The van der Waals surface area contributed by atoms with Crippen LogP contribution < -0.4 is 4.90 Å². The lowest BCUT2D eigenvalue weighted by Crippen LogP contribution is -2.20. The first-order valence-corrected chi connectivity index (χ1v) is 8.15. The smallest absolute Gasteiger partial charge is 0.0363 e. The van der Waals surface area contributed by atoms with E-state index in [1.165, 1.54) is 44.3 Å². The Kier molecular flexibility index (Phi) is 8.36. The lowest BCUT2D eigenvalue weighted by molar-refractivity contribution is 0.325. The van der Waals surface area contributed by atoms with Crippen LogP contribution in [0.2, 0.25) is 0 Å². The zero-order valence-corrected chi connectivity index (χ0v) is 13.8. The summed E-state index contributed by atoms with van der Waals surface area (Å²) in [5.74, 6) is 0. The molecular formula is C18H32N2. The highest BCUT2D eigenvalue weighted by Crippen LogP contribution is 2.24. The van der Waals surface area contributed by atoms with Crippen LogP contribution in [0.3, 0.4) is 0 Å². The predicted molar refractivity (Wildman–Crippen MR) is 90.6 cm³/mol. The van der Waals surface area contributed by atoms with Crippen molar-refractivity contribution in [2.75, 3.05) is 32.1 Å². The van der Waals surface area contributed by atoms with Gasteiger partial charge in [-0.1, -0.05) is 38.5 Å². The third-order valence-corrected chi connectivity index (χ3v) is 3.79. The van der Waals surface area contributed by atoms with Gasteiger partial charge < -0.3 is 9.80 Å². The average molecular weight is 276 g/mol. The van der Waals surface area contributed by atoms with Crippen LogP contribution in [0.15, 0.2) is 30.3 Å². The molecule has 20 heavy (non-hydrogen) atoms. The first-order chi connectivity index (χ1) is 9.69. The standard InChI is InChI=1S/C11H17N.C7H15N/c1-3-4-10-12(2)11-8-6-5-7-9-11;1-3-6-8(2)7-4-5-7/h5-9H,3-4,10H2,1-2H3;7H,3-6H2,1-2H3. The average Bonchev–Trinajstić information content (AvgIpc) is 3.31. The highest BCUT2D eigenvalue weighted by molar-refractivity contribution is 5.44. The molecule has 0 heterocycles. The molecule has 2 rings (SSSR count). The van der Waals surface area contributed by atoms with E-state index in [2.05, 4.69) is 68.1 Å². The summed E-state index contributed by atoms with van der Waals surface area (Å²) in [6.07, 6.45) is 6.71. The Bertz CT molecular complexity index is 333. The molecule has 0 aromatic heterocycles. The number of para-hydroxylation sites is 1. The van der Waals surface area contributed by atoms with Crippen molar-refractivity contribution in [3.63, 3.8) is 0 Å². The van der Waals surface area contributed by atoms with E-state index in [1.54, 1.807) is 0 Å². The van der Waals surface area contributed by atoms with Gasteiger partial charge in [0.05, 0.1) is 0 Å². The Morgan fingerprint density at radius 1 is 0.950 bits per heavy atom. The Labute approximate surface area is 125 Å². The predicted octanol–water partition coefficient (Wildman–Crippen LogP) is 4.41. The molecule has 0 N–H and O–H groups in total. The Balaban J connectivity index is 0.000000217. The van der Waals surface area contributed by atoms with Crippen LogP contribution in [0.4, 0.5) is 5.69 Å². The van der Waals surface area contributed by atoms with Crippen LogP contribution in [-0.2, 0) is 0 Å². The molecule has 0 amide bonds. The maximum atomic E-state index is 2.46. The molecule has 0 spiro atoms. The summed E-state index contributed by atoms with van der Waals surface area (Å²) < 4.78 is 0. The summed E-state index contributed by atoms with van der Waals surface area (Å²) in [4.78, 5) is 4.75. The first-order valence-electron chi connectivity index (χ1n) is 8.15. The second-order valence-corrected chi connectivity index (χ2v) is 5.82. The molecule has 1 aromatic carbocycles. The molecule has 1 aliphatic rings. The molecule has 0 radical (unpaired) electrons. The van der Waals surface area contributed by atoms with Crippen molar-refractivity contribution in [2.24, 2.45) is 0 Å². The number of nitrogens with zero attached hydrogens (tertiary/aromatic N) is 2. The summed E-state index contributed by atoms with van der Waals surface area (Å²) in [5, 5.41) is 0. The molecule has 2 nitrogen and oxygen atoms in total. The third-order valence-electron chi connectivity index (χ3n) is 3.79. The van der Waals surface area contributed by atoms with E-state index >= 15 is 0 Å². The molecule has 0 bridgehead atoms. The zero-order valence-electron chi connectivity index (χ0n) is 13.8. The molecule has 0 saturated heterocycles. The van der Waals surface area contributed by atoms with Gasteiger partial charge in [-0.05, 0) is 51.4 Å². The van der Waals surface area contributed by atoms with Gasteiger partial charge in [-0.25, -0.2) is 0 Å². The largest absolute Gasteiger partial charge is 0.375 e. The van der Waals surface area contributed by atoms with Crippen molar-refractivity contribution in [1.29, 1.82) is 0 Å². The molecule has 1 aliphatic carbocycles. The highest BCUT2D eigenvalue weighted by atomic mass is 15.1. The van der Waals surface area contributed by atoms with Crippen molar-refractivity contribution in [2.45, 2.75) is 52.0 Å². The van der Waals surface area contributed by atoms with E-state index in [0.717, 1.165) is 12.6 Å². The molecule has 0 atom stereocenters. The normalized spacial score (nSPS) is 13.8. The van der Waals surface area contributed by atoms with E-state index in [9.17, 15) is 0 Å². The summed E-state index contributed by atoms with van der Waals surface area (Å²) >= 11 is 0. The fourth-order valence-electron chi connectivity index (χ4n) is 2.26. The Morgan fingerprint density at radius 2 is 1.60 bits per heavy atom. The molecule has 114 valence electrons. The second kappa shape index (κ2) is 9.82. The van der Waals surface area contributed by atoms with E-state index < -0.39 is 0 Å². The molecule has 1 aromatic rings. The fraction of sp³-hybridized carbons (Fsp3) is 0.667. The topological polar surface area (TPSA) is 6.48 Å². The second-order valence-electron chi connectivity index (χ2n) is 5.82. The number of benzene rings is 1. The van der Waals surface area contributed by atoms with E-state index in [-0.39, 0.29) is 0 Å². The number of rotatable bonds is 7. The molecule has 1 saturated carbocycles. The molecule has 2 heteroatoms. The summed E-state index contributed by atoms with van der Waals surface area (Å²) in [7, 11) is 4.37. The van der Waals surface area contributed by atoms with Crippen molar-refractivity contribution in [3.8, 4) is 0 Å². The number of hydrogen-bond acceptors (Lipinski definition) is 2. The van der Waals surface area contributed by atoms with E-state index in [0.29, 0.717) is 0 Å². The number of unbranched alkanes of at least 4 members (excludes halogenated alkanes) is 1. The quantitative estimate of drug-likeness (QED) is 0.727. The van der Waals surface area contributed by atoms with Gasteiger partial charge in [-0.3, -0.25) is 0 Å². The van der Waals surface area contributed by atoms with Gasteiger partial charge >= 0.3 is 0 Å². The third kappa shape index (κ3) is 6.95. The molecule has 0 unspecified atom stereocenters. The highest BCUT2D eigenvalue weighted by Gasteiger charge is 2.24. The van der Waals surface area contributed by atoms with Gasteiger partial charge in [0, 0.05) is 25.3 Å². The van der Waals surface area contributed by atoms with Crippen LogP contribution >= 0.6 is 0 Å². The summed E-state index contributed by atoms with van der Waals surface area (Å²) in [5.41, 5.74) is 1.31. The number of anilines is 1. The van der Waals surface area contributed by atoms with Gasteiger partial charge in [-0.2, -0.15) is 0 Å². The Morgan fingerprint density at radius 3 is 2.10 bits per heavy atom. The van der Waals surface area contributed by atoms with Gasteiger partial charge in [0.2, 0.25) is 0 Å². The zero-order chi connectivity index (χ0) is 14.8. The van der Waals surface area contributed by atoms with Crippen molar-refractivity contribution < 1.29 is 0 Å². The molecule has 0 aliphatic heterocycles. The molecule has 1 fully saturated rings. The first kappa shape index (κ1) is 17.0. The minimum atomic E-state index is 0.954. The van der Waals surface area contributed by atoms with Gasteiger partial charge in [0.25, 0.3) is 0 Å². The monoisotopic (exact) mass is 276 g/mol. The minimum Gasteiger partial charge on any atom is -0.375 e. The summed E-state index contributed by atoms with van der Waals surface area (Å²) in [6.45, 7) is 6.89. The maximum Gasteiger partial charge on any atom is 0.0363 e. The van der Waals surface area contributed by atoms with Crippen LogP contribution in [0.5, 0.6) is 0 Å². The lowest BCUT2D eigenvalue weighted by atomic mass is 10.2. The maximum absolute atomic E-state index is 2.46. The van der Waals surface area contributed by atoms with Crippen molar-refractivity contribution >= 4 is 5.69 Å². The fourth-order valence-corrected chi connectivity index (χ4v) is 2.26. The van der Waals surface area contributed by atoms with E-state index in [1.807, 2.05) is 0 Å². The van der Waals surface area contributed by atoms with E-state index in [4.69, 9.17) is 0 Å². The Hall–Kier alpha value is -1.02. The van der Waals surface area contributed by atoms with Crippen LogP contribution in [0.1, 0.15) is 46.0 Å². The SMILES string of the molecule is CCCCN(C)c1ccccc1.CCCN(C)C1CC1. The summed E-state index contributed by atoms with van der Waals surface area (Å²) in [6, 6.07) is 11.5. The molecular weight excluding hydrogens is 244 g/mol.